The summed E-state index contributed by atoms with van der Waals surface area (Å²) in [4.78, 5) is 0. The summed E-state index contributed by atoms with van der Waals surface area (Å²) in [5.74, 6) is 0. The standard InChI is InChI=1S/C8H11.C5H11.CHF3O3S.Pd/c1-2-4-6-8-7-5-3-1;1-3-5-4-2;2-1(3,4)8(5,6)7;/h1-2,7H,3-6H2;1,3-5H2,2H3;(H,5,6,7);/q2*-1;;+2. The molecule has 0 aromatic heterocycles. The van der Waals surface area contributed by atoms with Crippen molar-refractivity contribution in [2.45, 2.75) is 57.4 Å². The molecule has 0 amide bonds. The van der Waals surface area contributed by atoms with Crippen LogP contribution in [0.2, 0.25) is 0 Å². The summed E-state index contributed by atoms with van der Waals surface area (Å²) in [6, 6.07) is 0. The van der Waals surface area contributed by atoms with E-state index in [0.717, 1.165) is 12.8 Å². The molecule has 0 atom stereocenters. The maximum absolute atomic E-state index is 10.7. The van der Waals surface area contributed by atoms with Gasteiger partial charge in [-0.25, -0.2) is 0 Å². The van der Waals surface area contributed by atoms with Crippen molar-refractivity contribution < 1.29 is 46.6 Å². The number of alkyl halides is 3. The number of halogens is 3. The molecule has 1 rings (SSSR count). The van der Waals surface area contributed by atoms with Gasteiger partial charge in [0.15, 0.2) is 0 Å². The molecule has 8 heteroatoms. The normalized spacial score (nSPS) is 14.3. The minimum Gasteiger partial charge on any atom is -0.500 e. The van der Waals surface area contributed by atoms with Crippen LogP contribution in [-0.4, -0.2) is 18.5 Å². The number of hydrogen-bond acceptors (Lipinski definition) is 2. The Balaban J connectivity index is -0.000000248. The average molecular weight is 435 g/mol. The van der Waals surface area contributed by atoms with E-state index in [2.05, 4.69) is 38.2 Å². The Bertz CT molecular complexity index is 363. The van der Waals surface area contributed by atoms with E-state index < -0.39 is 15.6 Å². The van der Waals surface area contributed by atoms with E-state index in [0.29, 0.717) is 0 Å². The van der Waals surface area contributed by atoms with E-state index in [4.69, 9.17) is 13.0 Å². The second-order valence-electron chi connectivity index (χ2n) is 4.12. The third-order valence-corrected chi connectivity index (χ3v) is 2.73. The van der Waals surface area contributed by atoms with Crippen molar-refractivity contribution >= 4 is 10.1 Å². The zero-order valence-electron chi connectivity index (χ0n) is 12.5. The molecule has 0 saturated carbocycles. The van der Waals surface area contributed by atoms with E-state index in [9.17, 15) is 13.2 Å². The predicted octanol–water partition coefficient (Wildman–Crippen LogP) is 4.88. The summed E-state index contributed by atoms with van der Waals surface area (Å²) in [5.41, 5.74) is -5.53. The van der Waals surface area contributed by atoms with E-state index in [1.165, 1.54) is 32.1 Å². The number of allylic oxidation sites excluding steroid dienone is 4. The van der Waals surface area contributed by atoms with Gasteiger partial charge in [0, 0.05) is 0 Å². The summed E-state index contributed by atoms with van der Waals surface area (Å²) >= 11 is 0. The first-order valence-corrected chi connectivity index (χ1v) is 8.13. The molecule has 0 spiro atoms. The number of hydrogen-bond donors (Lipinski definition) is 1. The van der Waals surface area contributed by atoms with Crippen molar-refractivity contribution in [2.24, 2.45) is 0 Å². The quantitative estimate of drug-likeness (QED) is 0.222. The van der Waals surface area contributed by atoms with Crippen LogP contribution < -0.4 is 0 Å². The zero-order chi connectivity index (χ0) is 16.8. The van der Waals surface area contributed by atoms with E-state index in [1.54, 1.807) is 0 Å². The molecule has 0 unspecified atom stereocenters. The van der Waals surface area contributed by atoms with Crippen LogP contribution in [0.5, 0.6) is 0 Å². The van der Waals surface area contributed by atoms with Gasteiger partial charge in [0.05, 0.1) is 0 Å². The summed E-state index contributed by atoms with van der Waals surface area (Å²) < 4.78 is 57.5. The van der Waals surface area contributed by atoms with Crippen molar-refractivity contribution in [1.82, 2.24) is 0 Å². The third-order valence-electron chi connectivity index (χ3n) is 2.14. The molecule has 1 N–H and O–H groups in total. The number of unbranched alkanes of at least 4 members (excludes halogenated alkanes) is 2. The summed E-state index contributed by atoms with van der Waals surface area (Å²) in [6.45, 7) is 5.85. The molecule has 0 aromatic rings. The van der Waals surface area contributed by atoms with Crippen LogP contribution in [0.3, 0.4) is 0 Å². The van der Waals surface area contributed by atoms with Gasteiger partial charge in [0.1, 0.15) is 0 Å². The molecule has 22 heavy (non-hydrogen) atoms. The molecular formula is C14H23F3O3PdS. The molecule has 1 aliphatic rings. The Labute approximate surface area is 145 Å². The van der Waals surface area contributed by atoms with Crippen molar-refractivity contribution in [1.29, 1.82) is 0 Å². The molecule has 0 aliphatic heterocycles. The summed E-state index contributed by atoms with van der Waals surface area (Å²) in [5, 5.41) is 0. The Morgan fingerprint density at radius 2 is 1.73 bits per heavy atom. The Morgan fingerprint density at radius 1 is 1.23 bits per heavy atom. The Morgan fingerprint density at radius 3 is 2.09 bits per heavy atom. The van der Waals surface area contributed by atoms with Gasteiger partial charge in [0.2, 0.25) is 0 Å². The van der Waals surface area contributed by atoms with Crippen molar-refractivity contribution in [3.63, 3.8) is 0 Å². The monoisotopic (exact) mass is 434 g/mol. The van der Waals surface area contributed by atoms with Gasteiger partial charge in [-0.3, -0.25) is 10.6 Å². The smallest absolute Gasteiger partial charge is 0.500 e. The zero-order valence-corrected chi connectivity index (χ0v) is 14.9. The van der Waals surface area contributed by atoms with E-state index in [-0.39, 0.29) is 20.4 Å². The van der Waals surface area contributed by atoms with Gasteiger partial charge in [-0.05, 0) is 6.42 Å². The molecular weight excluding hydrogens is 412 g/mol. The minimum absolute atomic E-state index is 0. The van der Waals surface area contributed by atoms with Crippen LogP contribution in [0.25, 0.3) is 0 Å². The van der Waals surface area contributed by atoms with Gasteiger partial charge >= 0.3 is 36.0 Å². The van der Waals surface area contributed by atoms with Crippen LogP contribution in [0.1, 0.15) is 51.9 Å². The number of rotatable bonds is 2. The fraction of sp³-hybridized carbons (Fsp3) is 0.643. The second-order valence-corrected chi connectivity index (χ2v) is 5.54. The fourth-order valence-corrected chi connectivity index (χ4v) is 1.04. The third kappa shape index (κ3) is 19.8. The first kappa shape index (κ1) is 26.7. The van der Waals surface area contributed by atoms with Crippen LogP contribution in [0.15, 0.2) is 18.2 Å². The molecule has 0 saturated heterocycles. The molecule has 0 heterocycles. The summed E-state index contributed by atoms with van der Waals surface area (Å²) in [7, 11) is -5.84. The first-order chi connectivity index (χ1) is 9.66. The van der Waals surface area contributed by atoms with Crippen molar-refractivity contribution in [3.05, 3.63) is 31.2 Å². The minimum atomic E-state index is -5.84. The Kier molecular flexibility index (Phi) is 19.1. The van der Waals surface area contributed by atoms with Crippen molar-refractivity contribution in [3.8, 4) is 0 Å². The first-order valence-electron chi connectivity index (χ1n) is 6.69. The molecule has 3 nitrogen and oxygen atoms in total. The molecule has 134 valence electrons. The van der Waals surface area contributed by atoms with Gasteiger partial charge in [-0.2, -0.15) is 34.4 Å². The van der Waals surface area contributed by atoms with Gasteiger partial charge < -0.3 is 13.0 Å². The molecule has 0 radical (unpaired) electrons. The van der Waals surface area contributed by atoms with Crippen LogP contribution in [0, 0.1) is 13.0 Å². The fourth-order valence-electron chi connectivity index (χ4n) is 1.04. The Hall–Kier alpha value is -0.158. The van der Waals surface area contributed by atoms with E-state index in [1.807, 2.05) is 0 Å². The van der Waals surface area contributed by atoms with Crippen LogP contribution in [0.4, 0.5) is 13.2 Å². The summed E-state index contributed by atoms with van der Waals surface area (Å²) in [6.07, 6.45) is 18.2. The average Bonchev–Trinajstić information content (AvgIpc) is 2.27. The predicted molar refractivity (Wildman–Crippen MR) is 77.9 cm³/mol. The van der Waals surface area contributed by atoms with Crippen LogP contribution in [-0.2, 0) is 30.5 Å². The van der Waals surface area contributed by atoms with Gasteiger partial charge in [0.25, 0.3) is 0 Å². The SMILES string of the molecule is O=S(=O)(O)C(F)(F)F.[C-]1=CCCC=CCC1.[CH2-]CCCC.[Pd+2]. The molecule has 0 aromatic carbocycles. The maximum atomic E-state index is 10.7. The maximum Gasteiger partial charge on any atom is 2.00 e. The van der Waals surface area contributed by atoms with Crippen molar-refractivity contribution in [2.75, 3.05) is 0 Å². The molecule has 0 bridgehead atoms. The topological polar surface area (TPSA) is 54.4 Å². The van der Waals surface area contributed by atoms with E-state index >= 15 is 0 Å². The molecule has 1 aliphatic carbocycles. The largest absolute Gasteiger partial charge is 2.00 e. The van der Waals surface area contributed by atoms with Gasteiger partial charge in [-0.15, -0.1) is 0 Å². The second kappa shape index (κ2) is 15.7. The van der Waals surface area contributed by atoms with Gasteiger partial charge in [-0.1, -0.05) is 44.8 Å². The molecule has 0 fully saturated rings. The van der Waals surface area contributed by atoms with Crippen LogP contribution >= 0.6 is 0 Å².